The van der Waals surface area contributed by atoms with E-state index in [1.165, 1.54) is 13.2 Å². The van der Waals surface area contributed by atoms with Gasteiger partial charge in [0.15, 0.2) is 0 Å². The molecule has 1 fully saturated rings. The predicted octanol–water partition coefficient (Wildman–Crippen LogP) is 1.38. The lowest BCUT2D eigenvalue weighted by Crippen LogP contribution is -2.42. The normalized spacial score (nSPS) is 15.5. The number of piperidine rings is 1. The topological polar surface area (TPSA) is 97.6 Å². The Morgan fingerprint density at radius 3 is 2.57 bits per heavy atom. The largest absolute Gasteiger partial charge is 0.474 e. The van der Waals surface area contributed by atoms with Crippen molar-refractivity contribution >= 4 is 21.6 Å². The van der Waals surface area contributed by atoms with E-state index in [2.05, 4.69) is 10.1 Å². The van der Waals surface area contributed by atoms with Gasteiger partial charge < -0.3 is 9.64 Å². The van der Waals surface area contributed by atoms with E-state index in [-0.39, 0.29) is 12.0 Å². The maximum atomic E-state index is 12.6. The van der Waals surface area contributed by atoms with Crippen LogP contribution in [-0.2, 0) is 16.6 Å². The number of carbonyl (C=O) groups is 1. The summed E-state index contributed by atoms with van der Waals surface area (Å²) < 4.78 is 31.9. The van der Waals surface area contributed by atoms with Crippen molar-refractivity contribution in [2.24, 2.45) is 0 Å². The average molecular weight is 407 g/mol. The zero-order chi connectivity index (χ0) is 20.3. The molecular weight excluding hydrogens is 382 g/mol. The van der Waals surface area contributed by atoms with E-state index in [1.54, 1.807) is 29.1 Å². The number of likely N-dealkylation sites (tertiary alicyclic amines) is 1. The first-order chi connectivity index (χ1) is 13.3. The van der Waals surface area contributed by atoms with E-state index in [4.69, 9.17) is 4.74 Å². The molecule has 2 aromatic rings. The molecule has 10 heteroatoms. The van der Waals surface area contributed by atoms with Gasteiger partial charge in [-0.2, -0.15) is 5.10 Å². The van der Waals surface area contributed by atoms with Gasteiger partial charge >= 0.3 is 0 Å². The first-order valence-electron chi connectivity index (χ1n) is 9.17. The van der Waals surface area contributed by atoms with E-state index >= 15 is 0 Å². The quantitative estimate of drug-likeness (QED) is 0.718. The molecule has 0 unspecified atom stereocenters. The fraction of sp³-hybridized carbons (Fsp3) is 0.500. The molecule has 2 aromatic heterocycles. The first-order valence-corrected chi connectivity index (χ1v) is 11.0. The lowest BCUT2D eigenvalue weighted by molar-refractivity contribution is 0.0577. The van der Waals surface area contributed by atoms with Crippen molar-refractivity contribution in [3.05, 3.63) is 36.3 Å². The summed E-state index contributed by atoms with van der Waals surface area (Å²) in [5.41, 5.74) is 1.08. The van der Waals surface area contributed by atoms with Crippen molar-refractivity contribution in [3.8, 4) is 5.88 Å². The molecule has 152 valence electrons. The third kappa shape index (κ3) is 4.44. The minimum atomic E-state index is -3.33. The second-order valence-corrected chi connectivity index (χ2v) is 8.74. The Balaban J connectivity index is 1.55. The molecule has 0 atom stereocenters. The summed E-state index contributed by atoms with van der Waals surface area (Å²) >= 11 is 0. The summed E-state index contributed by atoms with van der Waals surface area (Å²) in [6.07, 6.45) is 5.63. The Kier molecular flexibility index (Phi) is 5.87. The van der Waals surface area contributed by atoms with Crippen LogP contribution in [-0.4, -0.2) is 66.5 Å². The summed E-state index contributed by atoms with van der Waals surface area (Å²) in [7, 11) is -1.85. The number of sulfonamides is 1. The Bertz CT molecular complexity index is 918. The molecule has 3 heterocycles. The number of rotatable bonds is 6. The van der Waals surface area contributed by atoms with E-state index in [1.807, 2.05) is 11.8 Å². The number of hydrogen-bond acceptors (Lipinski definition) is 6. The number of anilines is 1. The van der Waals surface area contributed by atoms with Crippen LogP contribution in [0.25, 0.3) is 0 Å². The molecule has 1 aliphatic heterocycles. The molecule has 0 aliphatic carbocycles. The van der Waals surface area contributed by atoms with Gasteiger partial charge in [-0.25, -0.2) is 13.4 Å². The van der Waals surface area contributed by atoms with Crippen LogP contribution < -0.4 is 9.04 Å². The SMILES string of the molecule is CCn1nccc1C(=O)N1CCC(Oc2ccc(N(C)S(C)(=O)=O)cn2)CC1. The molecule has 0 saturated carbocycles. The van der Waals surface area contributed by atoms with Gasteiger partial charge in [0, 0.05) is 51.8 Å². The molecule has 0 bridgehead atoms. The molecule has 0 radical (unpaired) electrons. The second-order valence-electron chi connectivity index (χ2n) is 6.73. The van der Waals surface area contributed by atoms with E-state index in [0.29, 0.717) is 49.7 Å². The van der Waals surface area contributed by atoms with Gasteiger partial charge in [0.25, 0.3) is 5.91 Å². The lowest BCUT2D eigenvalue weighted by Gasteiger charge is -2.32. The fourth-order valence-corrected chi connectivity index (χ4v) is 3.59. The summed E-state index contributed by atoms with van der Waals surface area (Å²) in [6.45, 7) is 3.82. The molecular formula is C18H25N5O4S. The molecule has 1 saturated heterocycles. The fourth-order valence-electron chi connectivity index (χ4n) is 3.10. The van der Waals surface area contributed by atoms with Gasteiger partial charge in [0.05, 0.1) is 18.1 Å². The average Bonchev–Trinajstić information content (AvgIpc) is 3.16. The monoisotopic (exact) mass is 407 g/mol. The van der Waals surface area contributed by atoms with Crippen molar-refractivity contribution in [1.82, 2.24) is 19.7 Å². The zero-order valence-corrected chi connectivity index (χ0v) is 17.1. The predicted molar refractivity (Wildman–Crippen MR) is 105 cm³/mol. The van der Waals surface area contributed by atoms with Crippen LogP contribution in [0.2, 0.25) is 0 Å². The maximum absolute atomic E-state index is 12.6. The van der Waals surface area contributed by atoms with Crippen LogP contribution in [0.1, 0.15) is 30.3 Å². The van der Waals surface area contributed by atoms with Crippen LogP contribution in [0.4, 0.5) is 5.69 Å². The molecule has 28 heavy (non-hydrogen) atoms. The van der Waals surface area contributed by atoms with Crippen molar-refractivity contribution < 1.29 is 17.9 Å². The summed E-state index contributed by atoms with van der Waals surface area (Å²) in [6, 6.07) is 5.07. The number of pyridine rings is 1. The molecule has 1 amide bonds. The molecule has 3 rings (SSSR count). The number of aryl methyl sites for hydroxylation is 1. The van der Waals surface area contributed by atoms with Crippen LogP contribution in [0.3, 0.4) is 0 Å². The minimum Gasteiger partial charge on any atom is -0.474 e. The molecule has 1 aliphatic rings. The van der Waals surface area contributed by atoms with Crippen LogP contribution in [0.15, 0.2) is 30.6 Å². The number of hydrogen-bond donors (Lipinski definition) is 0. The second kappa shape index (κ2) is 8.17. The van der Waals surface area contributed by atoms with Gasteiger partial charge in [0.1, 0.15) is 11.8 Å². The van der Waals surface area contributed by atoms with Gasteiger partial charge in [-0.3, -0.25) is 13.8 Å². The van der Waals surface area contributed by atoms with E-state index in [9.17, 15) is 13.2 Å². The molecule has 0 aromatic carbocycles. The Morgan fingerprint density at radius 2 is 2.00 bits per heavy atom. The summed E-state index contributed by atoms with van der Waals surface area (Å²) in [4.78, 5) is 18.7. The van der Waals surface area contributed by atoms with Crippen molar-refractivity contribution in [1.29, 1.82) is 0 Å². The third-order valence-electron chi connectivity index (χ3n) is 4.83. The number of amides is 1. The minimum absolute atomic E-state index is 0.0101. The summed E-state index contributed by atoms with van der Waals surface area (Å²) in [5, 5.41) is 4.15. The Labute approximate surface area is 165 Å². The van der Waals surface area contributed by atoms with Gasteiger partial charge in [-0.1, -0.05) is 0 Å². The number of carbonyl (C=O) groups excluding carboxylic acids is 1. The number of ether oxygens (including phenoxy) is 1. The Morgan fingerprint density at radius 1 is 1.29 bits per heavy atom. The third-order valence-corrected chi connectivity index (χ3v) is 6.04. The first kappa shape index (κ1) is 20.1. The lowest BCUT2D eigenvalue weighted by atomic mass is 10.1. The number of aromatic nitrogens is 3. The zero-order valence-electron chi connectivity index (χ0n) is 16.3. The maximum Gasteiger partial charge on any atom is 0.272 e. The number of nitrogens with zero attached hydrogens (tertiary/aromatic N) is 5. The van der Waals surface area contributed by atoms with Crippen LogP contribution >= 0.6 is 0 Å². The molecule has 0 N–H and O–H groups in total. The molecule has 0 spiro atoms. The van der Waals surface area contributed by atoms with Crippen molar-refractivity contribution in [3.63, 3.8) is 0 Å². The molecule has 9 nitrogen and oxygen atoms in total. The van der Waals surface area contributed by atoms with E-state index < -0.39 is 10.0 Å². The highest BCUT2D eigenvalue weighted by Crippen LogP contribution is 2.21. The smallest absolute Gasteiger partial charge is 0.272 e. The van der Waals surface area contributed by atoms with Gasteiger partial charge in [-0.05, 0) is 19.1 Å². The highest BCUT2D eigenvalue weighted by molar-refractivity contribution is 7.92. The summed E-state index contributed by atoms with van der Waals surface area (Å²) in [5.74, 6) is 0.434. The standard InChI is InChI=1S/C18H25N5O4S/c1-4-23-16(7-10-20-23)18(24)22-11-8-15(9-12-22)27-17-6-5-14(13-19-17)21(2)28(3,25)26/h5-7,10,13,15H,4,8-9,11-12H2,1-3H3. The van der Waals surface area contributed by atoms with Crippen molar-refractivity contribution in [2.75, 3.05) is 30.7 Å². The van der Waals surface area contributed by atoms with Crippen LogP contribution in [0, 0.1) is 0 Å². The highest BCUT2D eigenvalue weighted by atomic mass is 32.2. The highest BCUT2D eigenvalue weighted by Gasteiger charge is 2.26. The van der Waals surface area contributed by atoms with Gasteiger partial charge in [-0.15, -0.1) is 0 Å². The Hall–Kier alpha value is -2.62. The van der Waals surface area contributed by atoms with E-state index in [0.717, 1.165) is 10.6 Å². The van der Waals surface area contributed by atoms with Crippen LogP contribution in [0.5, 0.6) is 5.88 Å². The van der Waals surface area contributed by atoms with Crippen molar-refractivity contribution in [2.45, 2.75) is 32.4 Å². The van der Waals surface area contributed by atoms with Gasteiger partial charge in [0.2, 0.25) is 15.9 Å².